The van der Waals surface area contributed by atoms with Crippen molar-refractivity contribution >= 4 is 0 Å². The smallest absolute Gasteiger partial charge is 0.113 e. The molecule has 0 saturated carbocycles. The Bertz CT molecular complexity index is 406. The molecule has 0 aliphatic heterocycles. The lowest BCUT2D eigenvalue weighted by atomic mass is 9.92. The molecular formula is C14H15N. The monoisotopic (exact) mass is 197 g/mol. The van der Waals surface area contributed by atoms with Gasteiger partial charge in [0.2, 0.25) is 0 Å². The van der Waals surface area contributed by atoms with E-state index >= 15 is 0 Å². The van der Waals surface area contributed by atoms with Crippen molar-refractivity contribution in [2.75, 3.05) is 0 Å². The molecule has 1 nitrogen and oxygen atoms in total. The molecule has 0 N–H and O–H groups in total. The molecule has 76 valence electrons. The highest BCUT2D eigenvalue weighted by Crippen LogP contribution is 2.21. The van der Waals surface area contributed by atoms with Gasteiger partial charge in [0.25, 0.3) is 0 Å². The van der Waals surface area contributed by atoms with E-state index in [-0.39, 0.29) is 0 Å². The predicted octanol–water partition coefficient (Wildman–Crippen LogP) is 3.18. The molecule has 1 atom stereocenters. The summed E-state index contributed by atoms with van der Waals surface area (Å²) in [5.41, 5.74) is 2.14. The van der Waals surface area contributed by atoms with E-state index in [0.717, 1.165) is 12.1 Å². The zero-order valence-corrected chi connectivity index (χ0v) is 9.03. The van der Waals surface area contributed by atoms with E-state index in [2.05, 4.69) is 29.8 Å². The van der Waals surface area contributed by atoms with Gasteiger partial charge in [-0.25, -0.2) is 4.98 Å². The highest BCUT2D eigenvalue weighted by Gasteiger charge is 2.06. The summed E-state index contributed by atoms with van der Waals surface area (Å²) in [5, 5.41) is 0. The van der Waals surface area contributed by atoms with Crippen LogP contribution >= 0.6 is 0 Å². The van der Waals surface area contributed by atoms with E-state index in [0.29, 0.717) is 5.92 Å². The quantitative estimate of drug-likeness (QED) is 0.582. The van der Waals surface area contributed by atoms with Gasteiger partial charge in [-0.05, 0) is 48.8 Å². The molecule has 1 aliphatic carbocycles. The first kappa shape index (κ1) is 9.98. The van der Waals surface area contributed by atoms with Gasteiger partial charge in [0.05, 0.1) is 0 Å². The predicted molar refractivity (Wildman–Crippen MR) is 62.2 cm³/mol. The summed E-state index contributed by atoms with van der Waals surface area (Å²) in [5.74, 6) is 7.01. The van der Waals surface area contributed by atoms with E-state index in [1.165, 1.54) is 18.4 Å². The molecule has 0 amide bonds. The average molecular weight is 197 g/mol. The minimum absolute atomic E-state index is 0.687. The number of rotatable bonds is 0. The molecule has 0 bridgehead atoms. The molecule has 2 rings (SSSR count). The van der Waals surface area contributed by atoms with Crippen molar-refractivity contribution in [3.63, 3.8) is 0 Å². The Morgan fingerprint density at radius 1 is 1.33 bits per heavy atom. The van der Waals surface area contributed by atoms with Crippen molar-refractivity contribution in [3.8, 4) is 11.8 Å². The second-order valence-corrected chi connectivity index (χ2v) is 4.03. The molecule has 1 heteroatoms. The largest absolute Gasteiger partial charge is 0.248 e. The molecular weight excluding hydrogens is 182 g/mol. The number of hydrogen-bond acceptors (Lipinski definition) is 1. The summed E-state index contributed by atoms with van der Waals surface area (Å²) < 4.78 is 0. The van der Waals surface area contributed by atoms with Crippen molar-refractivity contribution in [1.29, 1.82) is 0 Å². The van der Waals surface area contributed by atoms with Gasteiger partial charge in [-0.15, -0.1) is 0 Å². The van der Waals surface area contributed by atoms with Crippen LogP contribution in [0.25, 0.3) is 0 Å². The third-order valence-electron chi connectivity index (χ3n) is 2.61. The van der Waals surface area contributed by atoms with E-state index in [9.17, 15) is 0 Å². The van der Waals surface area contributed by atoms with Gasteiger partial charge >= 0.3 is 0 Å². The molecule has 0 fully saturated rings. The van der Waals surface area contributed by atoms with Crippen molar-refractivity contribution in [3.05, 3.63) is 41.7 Å². The Balaban J connectivity index is 2.12. The number of aromatic nitrogens is 1. The van der Waals surface area contributed by atoms with E-state index in [4.69, 9.17) is 0 Å². The van der Waals surface area contributed by atoms with Crippen LogP contribution in [0.3, 0.4) is 0 Å². The highest BCUT2D eigenvalue weighted by molar-refractivity contribution is 5.37. The summed E-state index contributed by atoms with van der Waals surface area (Å²) in [6.07, 6.45) is 7.77. The summed E-state index contributed by atoms with van der Waals surface area (Å²) in [7, 11) is 0. The summed E-state index contributed by atoms with van der Waals surface area (Å²) in [4.78, 5) is 4.18. The number of pyridine rings is 1. The zero-order chi connectivity index (χ0) is 10.5. The van der Waals surface area contributed by atoms with Gasteiger partial charge in [0, 0.05) is 6.20 Å². The Kier molecular flexibility index (Phi) is 3.19. The van der Waals surface area contributed by atoms with Gasteiger partial charge in [0.1, 0.15) is 5.69 Å². The zero-order valence-electron chi connectivity index (χ0n) is 9.03. The molecule has 1 aliphatic rings. The van der Waals surface area contributed by atoms with E-state index < -0.39 is 0 Å². The fourth-order valence-corrected chi connectivity index (χ4v) is 1.81. The van der Waals surface area contributed by atoms with Crippen molar-refractivity contribution in [2.45, 2.75) is 26.2 Å². The average Bonchev–Trinajstić information content (AvgIpc) is 2.28. The molecule has 1 heterocycles. The second kappa shape index (κ2) is 4.79. The van der Waals surface area contributed by atoms with Crippen molar-refractivity contribution in [2.24, 2.45) is 5.92 Å². The van der Waals surface area contributed by atoms with Crippen LogP contribution in [0.4, 0.5) is 0 Å². The van der Waals surface area contributed by atoms with Crippen molar-refractivity contribution in [1.82, 2.24) is 4.98 Å². The summed E-state index contributed by atoms with van der Waals surface area (Å²) in [6, 6.07) is 5.82. The molecule has 0 saturated heterocycles. The second-order valence-electron chi connectivity index (χ2n) is 4.03. The fourth-order valence-electron chi connectivity index (χ4n) is 1.81. The number of allylic oxidation sites excluding steroid dienone is 2. The Hall–Kier alpha value is -1.55. The van der Waals surface area contributed by atoms with Gasteiger partial charge in [0.15, 0.2) is 0 Å². The first-order valence-electron chi connectivity index (χ1n) is 5.48. The highest BCUT2D eigenvalue weighted by atomic mass is 14.6. The molecule has 15 heavy (non-hydrogen) atoms. The van der Waals surface area contributed by atoms with Crippen LogP contribution in [0.15, 0.2) is 36.0 Å². The topological polar surface area (TPSA) is 12.9 Å². The van der Waals surface area contributed by atoms with Crippen LogP contribution in [0.5, 0.6) is 0 Å². The third kappa shape index (κ3) is 2.95. The van der Waals surface area contributed by atoms with Crippen LogP contribution < -0.4 is 0 Å². The molecule has 0 aromatic carbocycles. The number of hydrogen-bond donors (Lipinski definition) is 0. The number of nitrogens with zero attached hydrogens (tertiary/aromatic N) is 1. The lowest BCUT2D eigenvalue weighted by Gasteiger charge is -2.13. The third-order valence-corrected chi connectivity index (χ3v) is 2.61. The van der Waals surface area contributed by atoms with Crippen LogP contribution in [0, 0.1) is 17.8 Å². The maximum atomic E-state index is 4.18. The minimum Gasteiger partial charge on any atom is -0.248 e. The normalized spacial score (nSPS) is 20.1. The summed E-state index contributed by atoms with van der Waals surface area (Å²) in [6.45, 7) is 2.25. The van der Waals surface area contributed by atoms with Crippen LogP contribution in [-0.2, 0) is 0 Å². The maximum Gasteiger partial charge on any atom is 0.113 e. The maximum absolute atomic E-state index is 4.18. The minimum atomic E-state index is 0.687. The van der Waals surface area contributed by atoms with Crippen LogP contribution in [-0.4, -0.2) is 4.98 Å². The van der Waals surface area contributed by atoms with Gasteiger partial charge in [-0.1, -0.05) is 25.0 Å². The molecule has 1 aromatic rings. The van der Waals surface area contributed by atoms with Crippen molar-refractivity contribution < 1.29 is 0 Å². The van der Waals surface area contributed by atoms with Crippen LogP contribution in [0.1, 0.15) is 31.9 Å². The molecule has 1 aromatic heterocycles. The van der Waals surface area contributed by atoms with Crippen LogP contribution in [0.2, 0.25) is 0 Å². The van der Waals surface area contributed by atoms with Gasteiger partial charge in [-0.3, -0.25) is 0 Å². The lowest BCUT2D eigenvalue weighted by Crippen LogP contribution is -1.99. The van der Waals surface area contributed by atoms with E-state index in [1.807, 2.05) is 18.2 Å². The fraction of sp³-hybridized carbons (Fsp3) is 0.357. The SMILES string of the molecule is C[C@H]1C=C(C#Cc2ccccn2)CCC1. The molecule has 0 spiro atoms. The summed E-state index contributed by atoms with van der Waals surface area (Å²) >= 11 is 0. The van der Waals surface area contributed by atoms with E-state index in [1.54, 1.807) is 6.20 Å². The Morgan fingerprint density at radius 3 is 3.00 bits per heavy atom. The Morgan fingerprint density at radius 2 is 2.27 bits per heavy atom. The first-order chi connectivity index (χ1) is 7.34. The first-order valence-corrected chi connectivity index (χ1v) is 5.48. The standard InChI is InChI=1S/C14H15N/c1-12-5-4-6-13(11-12)8-9-14-7-2-3-10-15-14/h2-3,7,10-12H,4-6H2,1H3/t12-/m1/s1. The van der Waals surface area contributed by atoms with Gasteiger partial charge in [-0.2, -0.15) is 0 Å². The molecule has 0 unspecified atom stereocenters. The lowest BCUT2D eigenvalue weighted by molar-refractivity contribution is 0.575. The van der Waals surface area contributed by atoms with Gasteiger partial charge < -0.3 is 0 Å². The Labute approximate surface area is 91.2 Å². The molecule has 0 radical (unpaired) electrons.